The summed E-state index contributed by atoms with van der Waals surface area (Å²) in [7, 11) is 0. The molecule has 0 aliphatic carbocycles. The molecular formula is C5H12CaO3S. The van der Waals surface area contributed by atoms with E-state index >= 15 is 0 Å². The van der Waals surface area contributed by atoms with Crippen molar-refractivity contribution in [3.63, 3.8) is 0 Å². The van der Waals surface area contributed by atoms with Gasteiger partial charge in [0.25, 0.3) is 0 Å². The quantitative estimate of drug-likeness (QED) is 0.472. The molecule has 0 aromatic carbocycles. The Hall–Kier alpha value is 1.04. The Kier molecular flexibility index (Phi) is 7.71. The van der Waals surface area contributed by atoms with Crippen molar-refractivity contribution in [3.05, 3.63) is 0 Å². The van der Waals surface area contributed by atoms with Crippen molar-refractivity contribution in [2.24, 2.45) is 0 Å². The van der Waals surface area contributed by atoms with E-state index < -0.39 is 10.9 Å². The Bertz CT molecular complexity index is 113. The molecule has 5 heteroatoms. The van der Waals surface area contributed by atoms with Gasteiger partial charge in [0.05, 0.1) is 0 Å². The van der Waals surface area contributed by atoms with Crippen LogP contribution in [0.5, 0.6) is 0 Å². The minimum atomic E-state index is -1.58. The van der Waals surface area contributed by atoms with Gasteiger partial charge in [-0.2, -0.15) is 0 Å². The minimum absolute atomic E-state index is 0. The van der Waals surface area contributed by atoms with Crippen LogP contribution in [0.3, 0.4) is 0 Å². The molecule has 0 rings (SSSR count). The van der Waals surface area contributed by atoms with Crippen LogP contribution in [-0.4, -0.2) is 65.1 Å². The topological polar surface area (TPSA) is 57.5 Å². The maximum atomic E-state index is 10.2. The number of hydrogen-bond donors (Lipinski definition) is 2. The first-order valence-electron chi connectivity index (χ1n) is 2.57. The zero-order valence-electron chi connectivity index (χ0n) is 5.42. The third-order valence-corrected chi connectivity index (χ3v) is 2.29. The third-order valence-electron chi connectivity index (χ3n) is 1.15. The summed E-state index contributed by atoms with van der Waals surface area (Å²) in [6, 6.07) is 0. The van der Waals surface area contributed by atoms with Gasteiger partial charge in [-0.05, 0) is 12.7 Å². The Morgan fingerprint density at radius 2 is 2.10 bits per heavy atom. The molecule has 0 bridgehead atoms. The number of carboxylic acid groups (broad SMARTS) is 1. The third kappa shape index (κ3) is 3.44. The second-order valence-corrected chi connectivity index (χ2v) is 2.73. The van der Waals surface area contributed by atoms with Gasteiger partial charge >= 0.3 is 43.7 Å². The number of thioether (sulfide) groups is 1. The van der Waals surface area contributed by atoms with Gasteiger partial charge in [-0.3, -0.25) is 0 Å². The first kappa shape index (κ1) is 13.6. The van der Waals surface area contributed by atoms with Gasteiger partial charge in [0.1, 0.15) is 0 Å². The summed E-state index contributed by atoms with van der Waals surface area (Å²) in [6.45, 7) is 1.63. The van der Waals surface area contributed by atoms with Crippen LogP contribution in [0.25, 0.3) is 0 Å². The SMILES string of the molecule is CCC(O)(SC)C(=O)O.[CaH2]. The average molecular weight is 192 g/mol. The molecule has 0 radical (unpaired) electrons. The number of carbonyl (C=O) groups is 1. The molecule has 2 N–H and O–H groups in total. The predicted octanol–water partition coefficient (Wildman–Crippen LogP) is -0.384. The molecule has 0 fully saturated rings. The second-order valence-electron chi connectivity index (χ2n) is 1.65. The monoisotopic (exact) mass is 192 g/mol. The van der Waals surface area contributed by atoms with Crippen LogP contribution in [0.4, 0.5) is 0 Å². The van der Waals surface area contributed by atoms with Crippen LogP contribution in [-0.2, 0) is 4.79 Å². The van der Waals surface area contributed by atoms with Crippen molar-refractivity contribution >= 4 is 55.5 Å². The average Bonchev–Trinajstić information content (AvgIpc) is 1.86. The van der Waals surface area contributed by atoms with Gasteiger partial charge in [-0.1, -0.05) is 6.92 Å². The van der Waals surface area contributed by atoms with E-state index in [0.717, 1.165) is 11.8 Å². The summed E-state index contributed by atoms with van der Waals surface area (Å²) >= 11 is 0.936. The Morgan fingerprint density at radius 1 is 1.70 bits per heavy atom. The fourth-order valence-corrected chi connectivity index (χ4v) is 0.846. The Morgan fingerprint density at radius 3 is 2.10 bits per heavy atom. The van der Waals surface area contributed by atoms with Crippen LogP contribution in [0.15, 0.2) is 0 Å². The summed E-state index contributed by atoms with van der Waals surface area (Å²) in [6.07, 6.45) is 1.79. The number of carboxylic acids is 1. The fourth-order valence-electron chi connectivity index (χ4n) is 0.383. The molecule has 0 saturated carbocycles. The van der Waals surface area contributed by atoms with E-state index in [9.17, 15) is 4.79 Å². The van der Waals surface area contributed by atoms with Crippen LogP contribution in [0.2, 0.25) is 0 Å². The summed E-state index contributed by atoms with van der Waals surface area (Å²) in [5.41, 5.74) is 0. The van der Waals surface area contributed by atoms with Crippen molar-refractivity contribution < 1.29 is 15.0 Å². The van der Waals surface area contributed by atoms with Gasteiger partial charge in [-0.25, -0.2) is 4.79 Å². The molecule has 0 amide bonds. The molecule has 0 heterocycles. The number of aliphatic hydroxyl groups is 1. The van der Waals surface area contributed by atoms with Crippen molar-refractivity contribution in [2.75, 3.05) is 6.26 Å². The van der Waals surface area contributed by atoms with Gasteiger partial charge in [-0.15, -0.1) is 11.8 Å². The molecule has 1 atom stereocenters. The summed E-state index contributed by atoms with van der Waals surface area (Å²) in [5.74, 6) is -1.17. The molecule has 0 spiro atoms. The molecule has 0 aromatic heterocycles. The zero-order chi connectivity index (χ0) is 7.49. The Labute approximate surface area is 94.2 Å². The molecule has 58 valence electrons. The summed E-state index contributed by atoms with van der Waals surface area (Å²) in [4.78, 5) is 8.63. The maximum absolute atomic E-state index is 10.2. The molecule has 1 unspecified atom stereocenters. The van der Waals surface area contributed by atoms with Crippen LogP contribution in [0, 0.1) is 0 Å². The van der Waals surface area contributed by atoms with Crippen LogP contribution in [0.1, 0.15) is 13.3 Å². The Balaban J connectivity index is 0. The van der Waals surface area contributed by atoms with Crippen LogP contribution >= 0.6 is 11.8 Å². The van der Waals surface area contributed by atoms with E-state index in [-0.39, 0.29) is 44.2 Å². The molecular weight excluding hydrogens is 180 g/mol. The number of rotatable bonds is 3. The van der Waals surface area contributed by atoms with Gasteiger partial charge < -0.3 is 10.2 Å². The molecule has 0 aromatic rings. The van der Waals surface area contributed by atoms with Gasteiger partial charge in [0.15, 0.2) is 0 Å². The standard InChI is InChI=1S/C5H10O3S.Ca.2H/c1-3-5(8,9-2)4(6)7;;;/h8H,3H2,1-2H3,(H,6,7);;;. The van der Waals surface area contributed by atoms with E-state index in [0.29, 0.717) is 0 Å². The molecule has 0 aliphatic rings. The molecule has 10 heavy (non-hydrogen) atoms. The molecule has 3 nitrogen and oxygen atoms in total. The van der Waals surface area contributed by atoms with Gasteiger partial charge in [0.2, 0.25) is 4.93 Å². The fraction of sp³-hybridized carbons (Fsp3) is 0.800. The van der Waals surface area contributed by atoms with E-state index in [1.54, 1.807) is 13.2 Å². The number of hydrogen-bond acceptors (Lipinski definition) is 3. The summed E-state index contributed by atoms with van der Waals surface area (Å²) in [5, 5.41) is 17.4. The predicted molar refractivity (Wildman–Crippen MR) is 44.9 cm³/mol. The van der Waals surface area contributed by atoms with Crippen molar-refractivity contribution in [3.8, 4) is 0 Å². The van der Waals surface area contributed by atoms with E-state index in [1.807, 2.05) is 0 Å². The van der Waals surface area contributed by atoms with E-state index in [1.165, 1.54) is 0 Å². The van der Waals surface area contributed by atoms with Crippen molar-refractivity contribution in [2.45, 2.75) is 18.3 Å². The van der Waals surface area contributed by atoms with E-state index in [4.69, 9.17) is 10.2 Å². The van der Waals surface area contributed by atoms with Gasteiger partial charge in [0, 0.05) is 0 Å². The van der Waals surface area contributed by atoms with Crippen molar-refractivity contribution in [1.82, 2.24) is 0 Å². The molecule has 0 aliphatic heterocycles. The molecule has 0 saturated heterocycles. The number of aliphatic carboxylic acids is 1. The van der Waals surface area contributed by atoms with Crippen LogP contribution < -0.4 is 0 Å². The second kappa shape index (κ2) is 5.66. The summed E-state index contributed by atoms with van der Waals surface area (Å²) < 4.78 is 0. The normalized spacial score (nSPS) is 15.1. The van der Waals surface area contributed by atoms with E-state index in [2.05, 4.69) is 0 Å². The van der Waals surface area contributed by atoms with Crippen molar-refractivity contribution in [1.29, 1.82) is 0 Å². The first-order chi connectivity index (χ1) is 4.06. The first-order valence-corrected chi connectivity index (χ1v) is 3.80. The zero-order valence-corrected chi connectivity index (χ0v) is 6.23.